The molecule has 0 atom stereocenters. The van der Waals surface area contributed by atoms with E-state index in [9.17, 15) is 22.4 Å². The second kappa shape index (κ2) is 12.7. The number of amides is 2. The normalized spacial score (nSPS) is 11.6. The number of sulfonamides is 1. The van der Waals surface area contributed by atoms with Crippen molar-refractivity contribution in [1.29, 1.82) is 0 Å². The number of nitrogens with one attached hydrogen (secondary N) is 2. The standard InChI is InChI=1S/C28H24ClFN4O5S/c1-19-2-4-20(5-3-19)17-34(40(37,38)26-14-6-21(29)7-15-26)18-25-13-12-24(39-25)16-31-33-28(36)27(35)32-23-10-8-22(30)9-11-23/h2-16H,17-18H2,1H3,(H,32,35)(H,33,36)/b31-16+. The van der Waals surface area contributed by atoms with Gasteiger partial charge in [0.2, 0.25) is 10.0 Å². The SMILES string of the molecule is Cc1ccc(CN(Cc2ccc(/C=N/NC(=O)C(=O)Nc3ccc(F)cc3)o2)S(=O)(=O)c2ccc(Cl)cc2)cc1. The van der Waals surface area contributed by atoms with Crippen molar-refractivity contribution >= 4 is 45.3 Å². The highest BCUT2D eigenvalue weighted by molar-refractivity contribution is 7.89. The van der Waals surface area contributed by atoms with Crippen LogP contribution in [0.2, 0.25) is 5.02 Å². The molecule has 4 rings (SSSR count). The number of benzene rings is 3. The van der Waals surface area contributed by atoms with Crippen molar-refractivity contribution in [3.05, 3.63) is 118 Å². The Morgan fingerprint density at radius 1 is 0.925 bits per heavy atom. The summed E-state index contributed by atoms with van der Waals surface area (Å²) in [7, 11) is -3.92. The molecule has 1 aromatic heterocycles. The Hall–Kier alpha value is -4.32. The van der Waals surface area contributed by atoms with E-state index in [-0.39, 0.29) is 29.4 Å². The molecule has 0 aliphatic rings. The van der Waals surface area contributed by atoms with Crippen molar-refractivity contribution in [2.75, 3.05) is 5.32 Å². The topological polar surface area (TPSA) is 121 Å². The van der Waals surface area contributed by atoms with Gasteiger partial charge in [0.15, 0.2) is 0 Å². The summed E-state index contributed by atoms with van der Waals surface area (Å²) in [5, 5.41) is 6.44. The largest absolute Gasteiger partial charge is 0.459 e. The number of furan rings is 1. The third-order valence-corrected chi connectivity index (χ3v) is 7.67. The molecular weight excluding hydrogens is 559 g/mol. The van der Waals surface area contributed by atoms with Gasteiger partial charge in [-0.1, -0.05) is 41.4 Å². The van der Waals surface area contributed by atoms with Gasteiger partial charge >= 0.3 is 11.8 Å². The van der Waals surface area contributed by atoms with E-state index in [0.717, 1.165) is 23.3 Å². The van der Waals surface area contributed by atoms with Gasteiger partial charge in [-0.05, 0) is 73.2 Å². The maximum atomic E-state index is 13.5. The number of carbonyl (C=O) groups excluding carboxylic acids is 2. The van der Waals surface area contributed by atoms with Crippen LogP contribution in [-0.4, -0.2) is 30.8 Å². The third kappa shape index (κ3) is 7.63. The molecule has 2 amide bonds. The zero-order chi connectivity index (χ0) is 28.7. The van der Waals surface area contributed by atoms with Gasteiger partial charge in [-0.25, -0.2) is 18.2 Å². The predicted molar refractivity (Wildman–Crippen MR) is 149 cm³/mol. The molecule has 0 saturated carbocycles. The van der Waals surface area contributed by atoms with Gasteiger partial charge in [0.25, 0.3) is 0 Å². The lowest BCUT2D eigenvalue weighted by Crippen LogP contribution is -2.32. The lowest BCUT2D eigenvalue weighted by Gasteiger charge is -2.21. The molecule has 1 heterocycles. The van der Waals surface area contributed by atoms with Gasteiger partial charge in [0.05, 0.1) is 17.7 Å². The Morgan fingerprint density at radius 2 is 1.60 bits per heavy atom. The van der Waals surface area contributed by atoms with E-state index < -0.39 is 27.7 Å². The van der Waals surface area contributed by atoms with Crippen LogP contribution in [0.25, 0.3) is 0 Å². The van der Waals surface area contributed by atoms with E-state index >= 15 is 0 Å². The molecule has 4 aromatic rings. The summed E-state index contributed by atoms with van der Waals surface area (Å²) < 4.78 is 47.0. The second-order valence-corrected chi connectivity index (χ2v) is 11.1. The van der Waals surface area contributed by atoms with Crippen LogP contribution in [0, 0.1) is 12.7 Å². The smallest absolute Gasteiger partial charge is 0.329 e. The van der Waals surface area contributed by atoms with E-state index in [1.165, 1.54) is 46.9 Å². The molecule has 40 heavy (non-hydrogen) atoms. The number of aryl methyl sites for hydroxylation is 1. The lowest BCUT2D eigenvalue weighted by atomic mass is 10.1. The third-order valence-electron chi connectivity index (χ3n) is 5.61. The number of nitrogens with zero attached hydrogens (tertiary/aromatic N) is 2. The zero-order valence-electron chi connectivity index (χ0n) is 21.2. The molecule has 9 nitrogen and oxygen atoms in total. The minimum absolute atomic E-state index is 0.0824. The highest BCUT2D eigenvalue weighted by Gasteiger charge is 2.26. The summed E-state index contributed by atoms with van der Waals surface area (Å²) in [6, 6.07) is 21.4. The molecule has 2 N–H and O–H groups in total. The van der Waals surface area contributed by atoms with Crippen LogP contribution in [0.4, 0.5) is 10.1 Å². The molecule has 206 valence electrons. The van der Waals surface area contributed by atoms with Crippen LogP contribution >= 0.6 is 11.6 Å². The minimum atomic E-state index is -3.92. The summed E-state index contributed by atoms with van der Waals surface area (Å²) in [5.74, 6) is -1.99. The fourth-order valence-corrected chi connectivity index (χ4v) is 5.05. The molecule has 12 heteroatoms. The molecule has 0 fully saturated rings. The monoisotopic (exact) mass is 582 g/mol. The first-order chi connectivity index (χ1) is 19.1. The van der Waals surface area contributed by atoms with Crippen molar-refractivity contribution in [3.63, 3.8) is 0 Å². The summed E-state index contributed by atoms with van der Waals surface area (Å²) >= 11 is 5.94. The Labute approximate surface area is 235 Å². The maximum Gasteiger partial charge on any atom is 0.329 e. The van der Waals surface area contributed by atoms with Crippen molar-refractivity contribution < 1.29 is 26.8 Å². The molecule has 0 spiro atoms. The number of carbonyl (C=O) groups is 2. The van der Waals surface area contributed by atoms with Crippen LogP contribution in [0.1, 0.15) is 22.6 Å². The predicted octanol–water partition coefficient (Wildman–Crippen LogP) is 4.86. The van der Waals surface area contributed by atoms with Gasteiger partial charge in [-0.3, -0.25) is 9.59 Å². The highest BCUT2D eigenvalue weighted by atomic mass is 35.5. The minimum Gasteiger partial charge on any atom is -0.459 e. The fraction of sp³-hybridized carbons (Fsp3) is 0.107. The first-order valence-corrected chi connectivity index (χ1v) is 13.7. The Kier molecular flexibility index (Phi) is 9.10. The van der Waals surface area contributed by atoms with Gasteiger partial charge in [0, 0.05) is 17.3 Å². The second-order valence-electron chi connectivity index (χ2n) is 8.68. The molecule has 0 radical (unpaired) electrons. The molecule has 0 saturated heterocycles. The Morgan fingerprint density at radius 3 is 2.27 bits per heavy atom. The summed E-state index contributed by atoms with van der Waals surface area (Å²) in [6.07, 6.45) is 1.17. The van der Waals surface area contributed by atoms with Gasteiger partial charge in [0.1, 0.15) is 17.3 Å². The van der Waals surface area contributed by atoms with E-state index in [2.05, 4.69) is 15.8 Å². The van der Waals surface area contributed by atoms with Crippen molar-refractivity contribution in [3.8, 4) is 0 Å². The first-order valence-electron chi connectivity index (χ1n) is 11.9. The maximum absolute atomic E-state index is 13.5. The molecule has 3 aromatic carbocycles. The molecule has 0 aliphatic carbocycles. The number of hydrogen-bond acceptors (Lipinski definition) is 6. The molecule has 0 unspecified atom stereocenters. The molecule has 0 bridgehead atoms. The number of hydrogen-bond donors (Lipinski definition) is 2. The summed E-state index contributed by atoms with van der Waals surface area (Å²) in [4.78, 5) is 24.1. The van der Waals surface area contributed by atoms with E-state index in [1.54, 1.807) is 12.1 Å². The average molecular weight is 583 g/mol. The fourth-order valence-electron chi connectivity index (χ4n) is 3.53. The lowest BCUT2D eigenvalue weighted by molar-refractivity contribution is -0.136. The van der Waals surface area contributed by atoms with Crippen LogP contribution in [-0.2, 0) is 32.7 Å². The van der Waals surface area contributed by atoms with E-state index in [1.807, 2.05) is 31.2 Å². The zero-order valence-corrected chi connectivity index (χ0v) is 22.7. The van der Waals surface area contributed by atoms with Crippen molar-refractivity contribution in [2.24, 2.45) is 5.10 Å². The Bertz CT molecular complexity index is 1620. The number of anilines is 1. The van der Waals surface area contributed by atoms with E-state index in [4.69, 9.17) is 16.0 Å². The highest BCUT2D eigenvalue weighted by Crippen LogP contribution is 2.23. The quantitative estimate of drug-likeness (QED) is 0.166. The van der Waals surface area contributed by atoms with Crippen molar-refractivity contribution in [2.45, 2.75) is 24.9 Å². The van der Waals surface area contributed by atoms with Crippen LogP contribution < -0.4 is 10.7 Å². The first kappa shape index (κ1) is 28.7. The van der Waals surface area contributed by atoms with Gasteiger partial charge in [-0.15, -0.1) is 0 Å². The average Bonchev–Trinajstić information content (AvgIpc) is 3.38. The molecule has 0 aliphatic heterocycles. The van der Waals surface area contributed by atoms with E-state index in [0.29, 0.717) is 10.8 Å². The number of hydrazone groups is 1. The number of rotatable bonds is 9. The number of halogens is 2. The Balaban J connectivity index is 1.44. The van der Waals surface area contributed by atoms with Gasteiger partial charge < -0.3 is 9.73 Å². The van der Waals surface area contributed by atoms with Crippen LogP contribution in [0.5, 0.6) is 0 Å². The van der Waals surface area contributed by atoms with Gasteiger partial charge in [-0.2, -0.15) is 9.41 Å². The molecular formula is C28H24ClFN4O5S. The van der Waals surface area contributed by atoms with Crippen molar-refractivity contribution in [1.82, 2.24) is 9.73 Å². The van der Waals surface area contributed by atoms with Crippen LogP contribution in [0.3, 0.4) is 0 Å². The summed E-state index contributed by atoms with van der Waals surface area (Å²) in [6.45, 7) is 1.95. The van der Waals surface area contributed by atoms with Crippen LogP contribution in [0.15, 0.2) is 99.3 Å². The summed E-state index contributed by atoms with van der Waals surface area (Å²) in [5.41, 5.74) is 4.15.